The van der Waals surface area contributed by atoms with Crippen LogP contribution in [0.5, 0.6) is 0 Å². The molecule has 0 unspecified atom stereocenters. The Labute approximate surface area is 205 Å². The number of ketones is 2. The van der Waals surface area contributed by atoms with Crippen molar-refractivity contribution < 1.29 is 31.5 Å². The minimum atomic E-state index is -5.14. The number of carbonyl (C=O) groups is 4. The number of rotatable bonds is 22. The van der Waals surface area contributed by atoms with E-state index in [0.29, 0.717) is 38.5 Å². The van der Waals surface area contributed by atoms with Crippen molar-refractivity contribution in [2.45, 2.75) is 118 Å². The van der Waals surface area contributed by atoms with E-state index in [4.69, 9.17) is 12.3 Å². The Balaban J connectivity index is 5.28. The Morgan fingerprint density at radius 1 is 0.545 bits per heavy atom. The Kier molecular flexibility index (Phi) is 19.8. The fourth-order valence-electron chi connectivity index (χ4n) is 2.86. The van der Waals surface area contributed by atoms with Gasteiger partial charge < -0.3 is 0 Å². The van der Waals surface area contributed by atoms with Gasteiger partial charge in [-0.3, -0.25) is 0 Å². The summed E-state index contributed by atoms with van der Waals surface area (Å²) in [6, 6.07) is 0. The number of Topliss-reactive ketones (excluding diaryl/α,β-unsaturated/α-hetero) is 2. The molecular weight excluding hydrogens is 535 g/mol. The topological polar surface area (TPSA) is 105 Å². The molecule has 0 rings (SSSR count). The molecule has 0 aromatic carbocycles. The van der Waals surface area contributed by atoms with Gasteiger partial charge >= 0.3 is 206 Å². The number of hydrogen-bond acceptors (Lipinski definition) is 8. The molecule has 0 fully saturated rings. The summed E-state index contributed by atoms with van der Waals surface area (Å²) in [5, 5.41) is 0. The van der Waals surface area contributed by atoms with Crippen LogP contribution in [-0.2, 0) is 31.5 Å². The van der Waals surface area contributed by atoms with Gasteiger partial charge in [0.1, 0.15) is 0 Å². The van der Waals surface area contributed by atoms with E-state index in [9.17, 15) is 19.2 Å². The summed E-state index contributed by atoms with van der Waals surface area (Å²) in [5.41, 5.74) is 0. The number of carbonyl (C=O) groups excluding carboxylic acids is 4. The molecule has 0 atom stereocenters. The summed E-state index contributed by atoms with van der Waals surface area (Å²) < 4.78 is 22.6. The van der Waals surface area contributed by atoms with Crippen LogP contribution in [0.1, 0.15) is 118 Å². The van der Waals surface area contributed by atoms with E-state index in [1.54, 1.807) is 0 Å². The molecule has 8 nitrogen and oxygen atoms in total. The predicted octanol–water partition coefficient (Wildman–Crippen LogP) is 5.22. The summed E-state index contributed by atoms with van der Waals surface area (Å²) in [6.07, 6.45) is 7.94. The van der Waals surface area contributed by atoms with Crippen molar-refractivity contribution >= 4 is 43.5 Å². The van der Waals surface area contributed by atoms with Crippen LogP contribution in [0, 0.1) is 0 Å². The average Bonchev–Trinajstić information content (AvgIpc) is 2.74. The molecule has 0 amide bonds. The Hall–Kier alpha value is -1.00. The minimum absolute atomic E-state index is 0.203. The fraction of sp³-hybridized carbons (Fsp3) is 0.833. The second kappa shape index (κ2) is 20.4. The summed E-state index contributed by atoms with van der Waals surface area (Å²) >= 11 is -5.14. The molecule has 0 saturated carbocycles. The molecule has 0 aromatic heterocycles. The standard InChI is InChI=1S/2C8H14O3.2C4H9O.Sn/c2*1-2-3-4-5-7(9)6-8(10)11;2*1-2-3-4-5;/h2*2-6H2,1H3,(H,10,11);2*2-4H2,1H3;/q;;2*-1;+4/p-2. The van der Waals surface area contributed by atoms with Gasteiger partial charge in [-0.05, 0) is 0 Å². The van der Waals surface area contributed by atoms with Gasteiger partial charge in [-0.25, -0.2) is 0 Å². The van der Waals surface area contributed by atoms with Crippen molar-refractivity contribution in [2.75, 3.05) is 13.2 Å². The first-order valence-electron chi connectivity index (χ1n) is 12.6. The molecule has 0 radical (unpaired) electrons. The molecule has 9 heteroatoms. The Morgan fingerprint density at radius 3 is 1.24 bits per heavy atom. The summed E-state index contributed by atoms with van der Waals surface area (Å²) in [4.78, 5) is 49.3. The van der Waals surface area contributed by atoms with Crippen molar-refractivity contribution in [3.05, 3.63) is 0 Å². The maximum absolute atomic E-state index is 12.5. The first-order chi connectivity index (χ1) is 15.8. The molecule has 0 spiro atoms. The summed E-state index contributed by atoms with van der Waals surface area (Å²) in [7, 11) is 0. The third-order valence-electron chi connectivity index (χ3n) is 4.83. The van der Waals surface area contributed by atoms with Crippen LogP contribution in [-0.4, -0.2) is 56.8 Å². The second-order valence-electron chi connectivity index (χ2n) is 8.20. The van der Waals surface area contributed by atoms with E-state index < -0.39 is 44.8 Å². The first kappa shape index (κ1) is 32.0. The van der Waals surface area contributed by atoms with Crippen molar-refractivity contribution in [3.8, 4) is 0 Å². The van der Waals surface area contributed by atoms with Crippen LogP contribution in [0.15, 0.2) is 0 Å². The quantitative estimate of drug-likeness (QED) is 0.0977. The molecule has 0 heterocycles. The third-order valence-corrected chi connectivity index (χ3v) is 10.7. The van der Waals surface area contributed by atoms with Crippen LogP contribution < -0.4 is 0 Å². The van der Waals surface area contributed by atoms with Crippen molar-refractivity contribution in [1.82, 2.24) is 0 Å². The van der Waals surface area contributed by atoms with Gasteiger partial charge in [-0.2, -0.15) is 0 Å². The number of hydrogen-bond donors (Lipinski definition) is 0. The van der Waals surface area contributed by atoms with Crippen LogP contribution in [0.25, 0.3) is 0 Å². The zero-order chi connectivity index (χ0) is 25.0. The molecule has 0 N–H and O–H groups in total. The molecular formula is C24H44O8Sn. The van der Waals surface area contributed by atoms with Crippen LogP contribution in [0.4, 0.5) is 0 Å². The van der Waals surface area contributed by atoms with E-state index in [1.807, 2.05) is 27.7 Å². The molecule has 33 heavy (non-hydrogen) atoms. The predicted molar refractivity (Wildman–Crippen MR) is 127 cm³/mol. The van der Waals surface area contributed by atoms with Gasteiger partial charge in [-0.1, -0.05) is 0 Å². The molecule has 192 valence electrons. The van der Waals surface area contributed by atoms with Crippen molar-refractivity contribution in [2.24, 2.45) is 0 Å². The van der Waals surface area contributed by atoms with Crippen molar-refractivity contribution in [3.63, 3.8) is 0 Å². The Bertz CT molecular complexity index is 529. The van der Waals surface area contributed by atoms with Crippen molar-refractivity contribution in [1.29, 1.82) is 0 Å². The molecule has 0 aliphatic rings. The summed E-state index contributed by atoms with van der Waals surface area (Å²) in [6.45, 7) is 8.42. The van der Waals surface area contributed by atoms with Gasteiger partial charge in [0.15, 0.2) is 0 Å². The number of unbranched alkanes of at least 4 members (excludes halogenated alkanes) is 6. The van der Waals surface area contributed by atoms with E-state index in [-0.39, 0.29) is 24.8 Å². The second-order valence-corrected chi connectivity index (χ2v) is 13.9. The third kappa shape index (κ3) is 17.1. The van der Waals surface area contributed by atoms with Crippen LogP contribution in [0.2, 0.25) is 0 Å². The van der Waals surface area contributed by atoms with E-state index in [0.717, 1.165) is 38.5 Å². The van der Waals surface area contributed by atoms with Crippen LogP contribution >= 0.6 is 0 Å². The first-order valence-corrected chi connectivity index (χ1v) is 17.2. The van der Waals surface area contributed by atoms with Gasteiger partial charge in [0.2, 0.25) is 0 Å². The Morgan fingerprint density at radius 2 is 0.909 bits per heavy atom. The SMILES string of the molecule is CCCCCC(=O)CC(=O)[O][Sn]([O]CCCC)([O]CCCC)[O]C(=O)CC(=O)CCCCC. The zero-order valence-electron chi connectivity index (χ0n) is 21.1. The van der Waals surface area contributed by atoms with Gasteiger partial charge in [0.25, 0.3) is 0 Å². The molecule has 0 saturated heterocycles. The molecule has 0 aromatic rings. The molecule has 0 bridgehead atoms. The van der Waals surface area contributed by atoms with E-state index >= 15 is 0 Å². The average molecular weight is 579 g/mol. The normalized spacial score (nSPS) is 11.3. The zero-order valence-corrected chi connectivity index (χ0v) is 23.9. The maximum atomic E-state index is 12.5. The van der Waals surface area contributed by atoms with Gasteiger partial charge in [0.05, 0.1) is 0 Å². The van der Waals surface area contributed by atoms with E-state index in [1.165, 1.54) is 0 Å². The summed E-state index contributed by atoms with van der Waals surface area (Å²) in [5.74, 6) is -2.06. The van der Waals surface area contributed by atoms with Gasteiger partial charge in [0, 0.05) is 0 Å². The van der Waals surface area contributed by atoms with Crippen LogP contribution in [0.3, 0.4) is 0 Å². The fourth-order valence-corrected chi connectivity index (χ4v) is 8.14. The monoisotopic (exact) mass is 580 g/mol. The molecule has 0 aliphatic carbocycles. The van der Waals surface area contributed by atoms with E-state index in [2.05, 4.69) is 0 Å². The van der Waals surface area contributed by atoms with Gasteiger partial charge in [-0.15, -0.1) is 0 Å². The molecule has 0 aliphatic heterocycles.